The van der Waals surface area contributed by atoms with E-state index in [9.17, 15) is 8.78 Å². The van der Waals surface area contributed by atoms with E-state index in [4.69, 9.17) is 9.26 Å². The zero-order chi connectivity index (χ0) is 17.1. The van der Waals surface area contributed by atoms with Crippen LogP contribution in [0, 0.1) is 0 Å². The number of alkyl halides is 2. The largest absolute Gasteiger partial charge is 0.493 e. The van der Waals surface area contributed by atoms with Gasteiger partial charge in [0.2, 0.25) is 0 Å². The summed E-state index contributed by atoms with van der Waals surface area (Å²) in [4.78, 5) is 6.52. The molecule has 0 saturated carbocycles. The molecule has 1 N–H and O–H groups in total. The summed E-state index contributed by atoms with van der Waals surface area (Å²) in [5.41, 5.74) is 0.483. The predicted octanol–water partition coefficient (Wildman–Crippen LogP) is 1.92. The Morgan fingerprint density at radius 2 is 2.21 bits per heavy atom. The third-order valence-corrected chi connectivity index (χ3v) is 3.88. The first-order chi connectivity index (χ1) is 11.6. The minimum atomic E-state index is -2.95. The Labute approximate surface area is 137 Å². The number of benzene rings is 1. The average Bonchev–Trinajstić information content (AvgIpc) is 3.04. The van der Waals surface area contributed by atoms with E-state index in [-0.39, 0.29) is 23.4 Å². The molecule has 1 unspecified atom stereocenters. The van der Waals surface area contributed by atoms with Crippen LogP contribution in [0.3, 0.4) is 0 Å². The highest BCUT2D eigenvalue weighted by Crippen LogP contribution is 2.33. The van der Waals surface area contributed by atoms with Crippen molar-refractivity contribution in [3.05, 3.63) is 24.0 Å². The van der Waals surface area contributed by atoms with Gasteiger partial charge in [-0.25, -0.2) is 0 Å². The van der Waals surface area contributed by atoms with Crippen LogP contribution in [0.4, 0.5) is 8.78 Å². The quantitative estimate of drug-likeness (QED) is 0.891. The van der Waals surface area contributed by atoms with Crippen LogP contribution in [0.2, 0.25) is 0 Å². The monoisotopic (exact) mass is 340 g/mol. The van der Waals surface area contributed by atoms with Gasteiger partial charge in [-0.1, -0.05) is 5.16 Å². The Morgan fingerprint density at radius 1 is 1.38 bits per heavy atom. The molecule has 9 heteroatoms. The Kier molecular flexibility index (Phi) is 4.91. The molecule has 7 nitrogen and oxygen atoms in total. The lowest BCUT2D eigenvalue weighted by Crippen LogP contribution is -2.44. The minimum absolute atomic E-state index is 0.00582. The summed E-state index contributed by atoms with van der Waals surface area (Å²) >= 11 is 0. The SMILES string of the molecule is COc1ccc(-c2nc(C3CNCCN3C)no2)cc1OC(F)F. The molecule has 1 aliphatic rings. The molecule has 0 radical (unpaired) electrons. The normalized spacial score (nSPS) is 18.8. The maximum absolute atomic E-state index is 12.5. The fourth-order valence-corrected chi connectivity index (χ4v) is 2.58. The van der Waals surface area contributed by atoms with Crippen LogP contribution in [0.15, 0.2) is 22.7 Å². The van der Waals surface area contributed by atoms with Gasteiger partial charge in [0.15, 0.2) is 17.3 Å². The van der Waals surface area contributed by atoms with E-state index in [2.05, 4.69) is 25.1 Å². The second-order valence-corrected chi connectivity index (χ2v) is 5.40. The summed E-state index contributed by atoms with van der Waals surface area (Å²) in [7, 11) is 3.37. The van der Waals surface area contributed by atoms with Crippen LogP contribution in [-0.4, -0.2) is 55.4 Å². The Balaban J connectivity index is 1.86. The van der Waals surface area contributed by atoms with Crippen molar-refractivity contribution >= 4 is 0 Å². The maximum Gasteiger partial charge on any atom is 0.387 e. The Morgan fingerprint density at radius 3 is 2.92 bits per heavy atom. The number of piperazine rings is 1. The molecule has 0 aliphatic carbocycles. The molecule has 0 spiro atoms. The van der Waals surface area contributed by atoms with Crippen LogP contribution >= 0.6 is 0 Å². The number of nitrogens with zero attached hydrogens (tertiary/aromatic N) is 3. The van der Waals surface area contributed by atoms with Crippen LogP contribution in [-0.2, 0) is 0 Å². The first-order valence-electron chi connectivity index (χ1n) is 7.46. The molecule has 1 saturated heterocycles. The van der Waals surface area contributed by atoms with Gasteiger partial charge in [0.05, 0.1) is 13.2 Å². The average molecular weight is 340 g/mol. The second kappa shape index (κ2) is 7.10. The summed E-state index contributed by atoms with van der Waals surface area (Å²) in [6.07, 6.45) is 0. The highest BCUT2D eigenvalue weighted by molar-refractivity contribution is 5.59. The number of hydrogen-bond donors (Lipinski definition) is 1. The van der Waals surface area contributed by atoms with Crippen LogP contribution < -0.4 is 14.8 Å². The zero-order valence-electron chi connectivity index (χ0n) is 13.3. The molecule has 1 aliphatic heterocycles. The van der Waals surface area contributed by atoms with Gasteiger partial charge in [0.25, 0.3) is 5.89 Å². The van der Waals surface area contributed by atoms with Crippen molar-refractivity contribution in [2.75, 3.05) is 33.8 Å². The van der Waals surface area contributed by atoms with E-state index in [1.807, 2.05) is 7.05 Å². The lowest BCUT2D eigenvalue weighted by molar-refractivity contribution is -0.0511. The van der Waals surface area contributed by atoms with E-state index in [0.29, 0.717) is 11.4 Å². The highest BCUT2D eigenvalue weighted by atomic mass is 19.3. The zero-order valence-corrected chi connectivity index (χ0v) is 13.3. The Hall–Kier alpha value is -2.26. The molecule has 24 heavy (non-hydrogen) atoms. The summed E-state index contributed by atoms with van der Waals surface area (Å²) in [6.45, 7) is -0.444. The second-order valence-electron chi connectivity index (χ2n) is 5.40. The topological polar surface area (TPSA) is 72.7 Å². The molecule has 1 fully saturated rings. The third-order valence-electron chi connectivity index (χ3n) is 3.88. The lowest BCUT2D eigenvalue weighted by atomic mass is 10.2. The number of ether oxygens (including phenoxy) is 2. The number of rotatable bonds is 5. The van der Waals surface area contributed by atoms with Crippen molar-refractivity contribution in [3.63, 3.8) is 0 Å². The Bertz CT molecular complexity index is 695. The van der Waals surface area contributed by atoms with Gasteiger partial charge >= 0.3 is 6.61 Å². The standard InChI is InChI=1S/C15H18F2N4O3/c1-21-6-5-18-8-10(21)13-19-14(24-20-13)9-3-4-11(22-2)12(7-9)23-15(16)17/h3-4,7,10,15,18H,5-6,8H2,1-2H3. The summed E-state index contributed by atoms with van der Waals surface area (Å²) in [5, 5.41) is 7.29. The molecule has 0 amide bonds. The molecule has 2 heterocycles. The van der Waals surface area contributed by atoms with Crippen molar-refractivity contribution in [1.82, 2.24) is 20.4 Å². The number of likely N-dealkylation sites (N-methyl/N-ethyl adjacent to an activating group) is 1. The van der Waals surface area contributed by atoms with Gasteiger partial charge < -0.3 is 19.3 Å². The number of halogens is 2. The van der Waals surface area contributed by atoms with Gasteiger partial charge in [0.1, 0.15) is 0 Å². The van der Waals surface area contributed by atoms with Gasteiger partial charge in [-0.3, -0.25) is 4.90 Å². The molecule has 2 aromatic rings. The molecule has 0 bridgehead atoms. The summed E-state index contributed by atoms with van der Waals surface area (Å²) < 4.78 is 39.8. The molecule has 1 aromatic heterocycles. The smallest absolute Gasteiger partial charge is 0.387 e. The van der Waals surface area contributed by atoms with E-state index in [0.717, 1.165) is 19.6 Å². The maximum atomic E-state index is 12.5. The predicted molar refractivity (Wildman–Crippen MR) is 81.2 cm³/mol. The summed E-state index contributed by atoms with van der Waals surface area (Å²) in [5.74, 6) is 0.911. The molecular formula is C15H18F2N4O3. The molecule has 130 valence electrons. The van der Waals surface area contributed by atoms with Gasteiger partial charge in [-0.15, -0.1) is 0 Å². The number of methoxy groups -OCH3 is 1. The third kappa shape index (κ3) is 3.46. The summed E-state index contributed by atoms with van der Waals surface area (Å²) in [6, 6.07) is 4.57. The van der Waals surface area contributed by atoms with Crippen molar-refractivity contribution in [2.45, 2.75) is 12.7 Å². The number of nitrogens with one attached hydrogen (secondary N) is 1. The van der Waals surface area contributed by atoms with Gasteiger partial charge in [0, 0.05) is 25.2 Å². The molecule has 3 rings (SSSR count). The first-order valence-corrected chi connectivity index (χ1v) is 7.46. The van der Waals surface area contributed by atoms with E-state index in [1.54, 1.807) is 6.07 Å². The van der Waals surface area contributed by atoms with Crippen molar-refractivity contribution < 1.29 is 22.8 Å². The van der Waals surface area contributed by atoms with Crippen LogP contribution in [0.5, 0.6) is 11.5 Å². The van der Waals surface area contributed by atoms with Crippen molar-refractivity contribution in [2.24, 2.45) is 0 Å². The molecule has 1 aromatic carbocycles. The van der Waals surface area contributed by atoms with E-state index >= 15 is 0 Å². The number of hydrogen-bond acceptors (Lipinski definition) is 7. The lowest BCUT2D eigenvalue weighted by Gasteiger charge is -2.30. The van der Waals surface area contributed by atoms with Gasteiger partial charge in [-0.2, -0.15) is 13.8 Å². The fourth-order valence-electron chi connectivity index (χ4n) is 2.58. The van der Waals surface area contributed by atoms with E-state index < -0.39 is 6.61 Å². The van der Waals surface area contributed by atoms with Crippen LogP contribution in [0.25, 0.3) is 11.5 Å². The first kappa shape index (κ1) is 16.6. The van der Waals surface area contributed by atoms with Crippen molar-refractivity contribution in [1.29, 1.82) is 0 Å². The fraction of sp³-hybridized carbons (Fsp3) is 0.467. The van der Waals surface area contributed by atoms with E-state index in [1.165, 1.54) is 19.2 Å². The minimum Gasteiger partial charge on any atom is -0.493 e. The van der Waals surface area contributed by atoms with Crippen LogP contribution in [0.1, 0.15) is 11.9 Å². The molecule has 1 atom stereocenters. The molecular weight excluding hydrogens is 322 g/mol. The number of aromatic nitrogens is 2. The van der Waals surface area contributed by atoms with Crippen molar-refractivity contribution in [3.8, 4) is 23.0 Å². The highest BCUT2D eigenvalue weighted by Gasteiger charge is 2.25. The van der Waals surface area contributed by atoms with Gasteiger partial charge in [-0.05, 0) is 25.2 Å².